The Bertz CT molecular complexity index is 777. The molecule has 0 aromatic carbocycles. The van der Waals surface area contributed by atoms with Gasteiger partial charge in [-0.1, -0.05) is 0 Å². The van der Waals surface area contributed by atoms with E-state index < -0.39 is 11.9 Å². The minimum Gasteiger partial charge on any atom is -0.275 e. The molecule has 0 atom stereocenters. The van der Waals surface area contributed by atoms with Crippen LogP contribution in [0, 0.1) is 0 Å². The van der Waals surface area contributed by atoms with E-state index in [4.69, 9.17) is 0 Å². The number of rotatable bonds is 2. The smallest absolute Gasteiger partial charge is 0.275 e. The van der Waals surface area contributed by atoms with Gasteiger partial charge in [-0.25, -0.2) is 15.0 Å². The fourth-order valence-corrected chi connectivity index (χ4v) is 2.45. The Balaban J connectivity index is 1.98. The number of hydrogen-bond acceptors (Lipinski definition) is 5. The second-order valence-electron chi connectivity index (χ2n) is 4.20. The Kier molecular flexibility index (Phi) is 3.20. The monoisotopic (exact) mass is 311 g/mol. The molecular weight excluding hydrogens is 303 g/mol. The van der Waals surface area contributed by atoms with E-state index in [0.717, 1.165) is 22.3 Å². The van der Waals surface area contributed by atoms with Gasteiger partial charge >= 0.3 is 6.18 Å². The zero-order valence-electron chi connectivity index (χ0n) is 10.7. The lowest BCUT2D eigenvalue weighted by molar-refractivity contribution is -0.140. The van der Waals surface area contributed by atoms with Gasteiger partial charge < -0.3 is 0 Å². The maximum absolute atomic E-state index is 12.6. The molecule has 5 nitrogen and oxygen atoms in total. The molecule has 0 aliphatic carbocycles. The lowest BCUT2D eigenvalue weighted by Crippen LogP contribution is -2.05. The van der Waals surface area contributed by atoms with Crippen LogP contribution in [0.3, 0.4) is 0 Å². The quantitative estimate of drug-likeness (QED) is 0.730. The molecule has 3 aromatic heterocycles. The largest absolute Gasteiger partial charge is 0.434 e. The minimum atomic E-state index is -4.46. The Morgan fingerprint density at radius 2 is 2.05 bits per heavy atom. The number of aromatic nitrogens is 5. The highest BCUT2D eigenvalue weighted by molar-refractivity contribution is 7.13. The SMILES string of the molecule is Cn1cc(-c2ccnc(-c3nc(C(F)(F)F)cs3)n2)cn1. The van der Waals surface area contributed by atoms with Gasteiger partial charge in [-0.3, -0.25) is 4.68 Å². The molecule has 0 unspecified atom stereocenters. The predicted octanol–water partition coefficient (Wildman–Crippen LogP) is 3.02. The van der Waals surface area contributed by atoms with Crippen molar-refractivity contribution in [2.24, 2.45) is 7.05 Å². The van der Waals surface area contributed by atoms with E-state index in [9.17, 15) is 13.2 Å². The Hall–Kier alpha value is -2.29. The first-order valence-corrected chi connectivity index (χ1v) is 6.66. The van der Waals surface area contributed by atoms with Gasteiger partial charge in [0.25, 0.3) is 0 Å². The van der Waals surface area contributed by atoms with Crippen LogP contribution in [0.15, 0.2) is 30.0 Å². The summed E-state index contributed by atoms with van der Waals surface area (Å²) < 4.78 is 39.3. The number of aryl methyl sites for hydroxylation is 1. The van der Waals surface area contributed by atoms with Gasteiger partial charge in [-0.2, -0.15) is 18.3 Å². The van der Waals surface area contributed by atoms with Gasteiger partial charge in [-0.05, 0) is 6.07 Å². The molecule has 3 aromatic rings. The highest BCUT2D eigenvalue weighted by atomic mass is 32.1. The van der Waals surface area contributed by atoms with Crippen molar-refractivity contribution in [2.75, 3.05) is 0 Å². The van der Waals surface area contributed by atoms with E-state index in [1.54, 1.807) is 30.2 Å². The van der Waals surface area contributed by atoms with Crippen LogP contribution >= 0.6 is 11.3 Å². The highest BCUT2D eigenvalue weighted by Crippen LogP contribution is 2.32. The summed E-state index contributed by atoms with van der Waals surface area (Å²) in [5.74, 6) is 0.164. The Morgan fingerprint density at radius 1 is 1.24 bits per heavy atom. The number of halogens is 3. The number of alkyl halides is 3. The minimum absolute atomic E-state index is 0.132. The Morgan fingerprint density at radius 3 is 2.67 bits per heavy atom. The van der Waals surface area contributed by atoms with Crippen LogP contribution in [-0.2, 0) is 13.2 Å². The molecule has 0 saturated heterocycles. The summed E-state index contributed by atoms with van der Waals surface area (Å²) in [6.45, 7) is 0. The van der Waals surface area contributed by atoms with Gasteiger partial charge in [0.1, 0.15) is 0 Å². The molecule has 0 radical (unpaired) electrons. The standard InChI is InChI=1S/C12H8F3N5S/c1-20-5-7(4-17-20)8-2-3-16-10(18-8)11-19-9(6-21-11)12(13,14)15/h2-6H,1H3. The maximum Gasteiger partial charge on any atom is 0.434 e. The number of thiazole rings is 1. The fraction of sp³-hybridized carbons (Fsp3) is 0.167. The summed E-state index contributed by atoms with van der Waals surface area (Å²) in [6, 6.07) is 1.67. The molecule has 0 saturated carbocycles. The molecule has 0 spiro atoms. The molecule has 21 heavy (non-hydrogen) atoms. The van der Waals surface area contributed by atoms with Crippen LogP contribution in [0.2, 0.25) is 0 Å². The van der Waals surface area contributed by atoms with Crippen molar-refractivity contribution < 1.29 is 13.2 Å². The molecule has 3 heterocycles. The average Bonchev–Trinajstić information content (AvgIpc) is 3.07. The van der Waals surface area contributed by atoms with Crippen molar-refractivity contribution in [3.05, 3.63) is 35.7 Å². The van der Waals surface area contributed by atoms with Gasteiger partial charge in [0.05, 0.1) is 11.9 Å². The summed E-state index contributed by atoms with van der Waals surface area (Å²) in [5, 5.41) is 5.11. The zero-order valence-corrected chi connectivity index (χ0v) is 11.5. The van der Waals surface area contributed by atoms with Crippen molar-refractivity contribution >= 4 is 11.3 Å². The fourth-order valence-electron chi connectivity index (χ4n) is 1.68. The molecule has 0 amide bonds. The first-order valence-electron chi connectivity index (χ1n) is 5.78. The van der Waals surface area contributed by atoms with Crippen molar-refractivity contribution in [1.82, 2.24) is 24.7 Å². The molecule has 9 heteroatoms. The molecule has 0 aliphatic heterocycles. The number of nitrogens with zero attached hydrogens (tertiary/aromatic N) is 5. The van der Waals surface area contributed by atoms with Gasteiger partial charge in [0.15, 0.2) is 16.5 Å². The van der Waals surface area contributed by atoms with Crippen LogP contribution in [0.5, 0.6) is 0 Å². The molecule has 0 N–H and O–H groups in total. The predicted molar refractivity (Wildman–Crippen MR) is 70.3 cm³/mol. The van der Waals surface area contributed by atoms with Crippen molar-refractivity contribution in [2.45, 2.75) is 6.18 Å². The van der Waals surface area contributed by atoms with Crippen molar-refractivity contribution in [3.63, 3.8) is 0 Å². The maximum atomic E-state index is 12.6. The summed E-state index contributed by atoms with van der Waals surface area (Å²) in [6.07, 6.45) is 0.402. The zero-order chi connectivity index (χ0) is 15.0. The van der Waals surface area contributed by atoms with E-state index >= 15 is 0 Å². The van der Waals surface area contributed by atoms with Crippen molar-refractivity contribution in [1.29, 1.82) is 0 Å². The normalized spacial score (nSPS) is 11.8. The van der Waals surface area contributed by atoms with E-state index in [-0.39, 0.29) is 10.8 Å². The molecule has 3 rings (SSSR count). The third kappa shape index (κ3) is 2.77. The van der Waals surface area contributed by atoms with Gasteiger partial charge in [0, 0.05) is 30.4 Å². The van der Waals surface area contributed by atoms with E-state index in [2.05, 4.69) is 20.1 Å². The second-order valence-corrected chi connectivity index (χ2v) is 5.06. The summed E-state index contributed by atoms with van der Waals surface area (Å²) in [4.78, 5) is 11.8. The van der Waals surface area contributed by atoms with Gasteiger partial charge in [0.2, 0.25) is 0 Å². The number of hydrogen-bond donors (Lipinski definition) is 0. The first-order chi connectivity index (χ1) is 9.93. The highest BCUT2D eigenvalue weighted by Gasteiger charge is 2.34. The van der Waals surface area contributed by atoms with Crippen LogP contribution < -0.4 is 0 Å². The van der Waals surface area contributed by atoms with E-state index in [1.807, 2.05) is 0 Å². The molecular formula is C12H8F3N5S. The third-order valence-corrected chi connectivity index (χ3v) is 3.48. The third-order valence-electron chi connectivity index (χ3n) is 2.64. The topological polar surface area (TPSA) is 56.5 Å². The average molecular weight is 311 g/mol. The van der Waals surface area contributed by atoms with E-state index in [0.29, 0.717) is 5.69 Å². The lowest BCUT2D eigenvalue weighted by Gasteiger charge is -2.01. The lowest BCUT2D eigenvalue weighted by atomic mass is 10.2. The van der Waals surface area contributed by atoms with Crippen LogP contribution in [0.25, 0.3) is 22.1 Å². The first kappa shape index (κ1) is 13.7. The Labute approximate surface area is 121 Å². The summed E-state index contributed by atoms with van der Waals surface area (Å²) in [7, 11) is 1.77. The summed E-state index contributed by atoms with van der Waals surface area (Å²) >= 11 is 0.862. The van der Waals surface area contributed by atoms with Gasteiger partial charge in [-0.15, -0.1) is 11.3 Å². The van der Waals surface area contributed by atoms with Crippen LogP contribution in [0.4, 0.5) is 13.2 Å². The van der Waals surface area contributed by atoms with Crippen LogP contribution in [-0.4, -0.2) is 24.7 Å². The molecule has 108 valence electrons. The van der Waals surface area contributed by atoms with Crippen molar-refractivity contribution in [3.8, 4) is 22.1 Å². The van der Waals surface area contributed by atoms with Crippen LogP contribution in [0.1, 0.15) is 5.69 Å². The summed E-state index contributed by atoms with van der Waals surface area (Å²) in [5.41, 5.74) is 0.406. The molecule has 0 bridgehead atoms. The van der Waals surface area contributed by atoms with E-state index in [1.165, 1.54) is 6.20 Å². The second kappa shape index (κ2) is 4.92. The molecule has 0 fully saturated rings. The molecule has 0 aliphatic rings.